The lowest BCUT2D eigenvalue weighted by Gasteiger charge is -2.17. The summed E-state index contributed by atoms with van der Waals surface area (Å²) in [7, 11) is -0.694. The van der Waals surface area contributed by atoms with Crippen LogP contribution in [-0.4, -0.2) is 21.3 Å². The lowest BCUT2D eigenvalue weighted by atomic mass is 10.3. The van der Waals surface area contributed by atoms with Crippen LogP contribution in [0.3, 0.4) is 0 Å². The molecule has 0 saturated heterocycles. The first-order valence-corrected chi connectivity index (χ1v) is 5.39. The molecule has 0 bridgehead atoms. The fourth-order valence-electron chi connectivity index (χ4n) is 0.684. The van der Waals surface area contributed by atoms with Crippen molar-refractivity contribution >= 4 is 10.8 Å². The molecule has 11 heavy (non-hydrogen) atoms. The maximum atomic E-state index is 11.4. The summed E-state index contributed by atoms with van der Waals surface area (Å²) in [6.07, 6.45) is 1.97. The second-order valence-corrected chi connectivity index (χ2v) is 5.98. The van der Waals surface area contributed by atoms with Crippen molar-refractivity contribution in [3.8, 4) is 0 Å². The van der Waals surface area contributed by atoms with E-state index in [1.54, 1.807) is 0 Å². The van der Waals surface area contributed by atoms with Crippen molar-refractivity contribution in [2.24, 2.45) is 5.73 Å². The Bertz CT molecular complexity index is 129. The summed E-state index contributed by atoms with van der Waals surface area (Å²) >= 11 is 0. The van der Waals surface area contributed by atoms with Gasteiger partial charge in [-0.2, -0.15) is 0 Å². The molecular formula is C8H19NOS. The van der Waals surface area contributed by atoms with E-state index in [0.29, 0.717) is 6.54 Å². The minimum Gasteiger partial charge on any atom is -0.330 e. The van der Waals surface area contributed by atoms with Gasteiger partial charge in [0.25, 0.3) is 0 Å². The van der Waals surface area contributed by atoms with Crippen LogP contribution in [0.4, 0.5) is 0 Å². The van der Waals surface area contributed by atoms with E-state index in [1.165, 1.54) is 0 Å². The summed E-state index contributed by atoms with van der Waals surface area (Å²) in [6.45, 7) is 6.73. The third-order valence-corrected chi connectivity index (χ3v) is 3.49. The quantitative estimate of drug-likeness (QED) is 0.657. The van der Waals surface area contributed by atoms with Gasteiger partial charge in [-0.15, -0.1) is 0 Å². The molecule has 1 unspecified atom stereocenters. The minimum absolute atomic E-state index is 0.0609. The highest BCUT2D eigenvalue weighted by atomic mass is 32.2. The number of unbranched alkanes of at least 4 members (excludes halogenated alkanes) is 1. The van der Waals surface area contributed by atoms with Crippen LogP contribution in [-0.2, 0) is 10.8 Å². The lowest BCUT2D eigenvalue weighted by Crippen LogP contribution is -2.24. The minimum atomic E-state index is -0.694. The molecule has 2 N–H and O–H groups in total. The zero-order valence-corrected chi connectivity index (χ0v) is 8.54. The van der Waals surface area contributed by atoms with Crippen LogP contribution in [0.25, 0.3) is 0 Å². The second-order valence-electron chi connectivity index (χ2n) is 3.66. The van der Waals surface area contributed by atoms with Gasteiger partial charge in [0.05, 0.1) is 0 Å². The third-order valence-electron chi connectivity index (χ3n) is 1.47. The standard InChI is InChI=1S/C8H19NOS/c1-8(2,3)11(10)7-5-4-6-9/h4-7,9H2,1-3H3. The Morgan fingerprint density at radius 1 is 1.27 bits per heavy atom. The molecule has 0 aliphatic rings. The van der Waals surface area contributed by atoms with Gasteiger partial charge >= 0.3 is 0 Å². The molecule has 2 nitrogen and oxygen atoms in total. The highest BCUT2D eigenvalue weighted by Crippen LogP contribution is 2.12. The molecule has 68 valence electrons. The number of nitrogens with two attached hydrogens (primary N) is 1. The summed E-state index contributed by atoms with van der Waals surface area (Å²) in [6, 6.07) is 0. The predicted octanol–water partition coefficient (Wildman–Crippen LogP) is 1.27. The molecule has 0 aliphatic heterocycles. The smallest absolute Gasteiger partial charge is 0.0375 e. The molecule has 0 aliphatic carbocycles. The van der Waals surface area contributed by atoms with Gasteiger partial charge in [-0.1, -0.05) is 0 Å². The van der Waals surface area contributed by atoms with Crippen LogP contribution in [0.2, 0.25) is 0 Å². The molecule has 0 aromatic carbocycles. The predicted molar refractivity (Wildman–Crippen MR) is 51.1 cm³/mol. The normalized spacial score (nSPS) is 14.9. The van der Waals surface area contributed by atoms with Crippen molar-refractivity contribution in [1.29, 1.82) is 0 Å². The molecule has 0 aromatic heterocycles. The Hall–Kier alpha value is 0.110. The molecule has 0 saturated carbocycles. The number of hydrogen-bond donors (Lipinski definition) is 1. The summed E-state index contributed by atoms with van der Waals surface area (Å²) in [5.41, 5.74) is 5.32. The van der Waals surface area contributed by atoms with E-state index in [2.05, 4.69) is 0 Å². The average molecular weight is 177 g/mol. The van der Waals surface area contributed by atoms with Crippen LogP contribution < -0.4 is 5.73 Å². The van der Waals surface area contributed by atoms with E-state index in [1.807, 2.05) is 20.8 Å². The Labute approximate surface area is 72.0 Å². The first-order chi connectivity index (χ1) is 4.98. The maximum Gasteiger partial charge on any atom is 0.0375 e. The molecular weight excluding hydrogens is 158 g/mol. The van der Waals surface area contributed by atoms with Crippen LogP contribution in [0.1, 0.15) is 33.6 Å². The van der Waals surface area contributed by atoms with Crippen molar-refractivity contribution < 1.29 is 4.21 Å². The van der Waals surface area contributed by atoms with Gasteiger partial charge in [-0.3, -0.25) is 4.21 Å². The fraction of sp³-hybridized carbons (Fsp3) is 1.00. The largest absolute Gasteiger partial charge is 0.330 e. The molecule has 0 fully saturated rings. The van der Waals surface area contributed by atoms with Crippen molar-refractivity contribution in [1.82, 2.24) is 0 Å². The molecule has 0 rings (SSSR count). The molecule has 0 aromatic rings. The maximum absolute atomic E-state index is 11.4. The molecule has 3 heteroatoms. The highest BCUT2D eigenvalue weighted by Gasteiger charge is 2.17. The molecule has 0 amide bonds. The van der Waals surface area contributed by atoms with E-state index in [-0.39, 0.29) is 4.75 Å². The van der Waals surface area contributed by atoms with E-state index in [4.69, 9.17) is 5.73 Å². The van der Waals surface area contributed by atoms with Crippen molar-refractivity contribution in [2.75, 3.05) is 12.3 Å². The SMILES string of the molecule is CC(C)(C)S(=O)CCCCN. The van der Waals surface area contributed by atoms with Crippen LogP contribution in [0.5, 0.6) is 0 Å². The Morgan fingerprint density at radius 3 is 2.18 bits per heavy atom. The Kier molecular flexibility index (Phi) is 4.93. The monoisotopic (exact) mass is 177 g/mol. The molecule has 0 spiro atoms. The highest BCUT2D eigenvalue weighted by molar-refractivity contribution is 7.86. The Morgan fingerprint density at radius 2 is 1.82 bits per heavy atom. The molecule has 1 atom stereocenters. The van der Waals surface area contributed by atoms with Crippen molar-refractivity contribution in [3.63, 3.8) is 0 Å². The van der Waals surface area contributed by atoms with E-state index < -0.39 is 10.8 Å². The van der Waals surface area contributed by atoms with Gasteiger partial charge in [-0.25, -0.2) is 0 Å². The number of rotatable bonds is 4. The van der Waals surface area contributed by atoms with Gasteiger partial charge in [0.2, 0.25) is 0 Å². The van der Waals surface area contributed by atoms with Crippen LogP contribution >= 0.6 is 0 Å². The van der Waals surface area contributed by atoms with Gasteiger partial charge in [-0.05, 0) is 40.2 Å². The van der Waals surface area contributed by atoms with Gasteiger partial charge in [0.1, 0.15) is 0 Å². The van der Waals surface area contributed by atoms with Gasteiger partial charge in [0.15, 0.2) is 0 Å². The van der Waals surface area contributed by atoms with E-state index in [0.717, 1.165) is 18.6 Å². The van der Waals surface area contributed by atoms with Gasteiger partial charge < -0.3 is 5.73 Å². The summed E-state index contributed by atoms with van der Waals surface area (Å²) in [5, 5.41) is 0. The summed E-state index contributed by atoms with van der Waals surface area (Å²) in [4.78, 5) is 0. The zero-order valence-electron chi connectivity index (χ0n) is 7.72. The summed E-state index contributed by atoms with van der Waals surface area (Å²) in [5.74, 6) is 0.792. The first kappa shape index (κ1) is 11.1. The van der Waals surface area contributed by atoms with Crippen molar-refractivity contribution in [2.45, 2.75) is 38.4 Å². The number of hydrogen-bond acceptors (Lipinski definition) is 2. The van der Waals surface area contributed by atoms with Crippen molar-refractivity contribution in [3.05, 3.63) is 0 Å². The lowest BCUT2D eigenvalue weighted by molar-refractivity contribution is 0.643. The van der Waals surface area contributed by atoms with E-state index >= 15 is 0 Å². The Balaban J connectivity index is 3.54. The van der Waals surface area contributed by atoms with Crippen LogP contribution in [0, 0.1) is 0 Å². The third kappa shape index (κ3) is 5.39. The van der Waals surface area contributed by atoms with Gasteiger partial charge in [0, 0.05) is 21.3 Å². The van der Waals surface area contributed by atoms with Crippen LogP contribution in [0.15, 0.2) is 0 Å². The first-order valence-electron chi connectivity index (χ1n) is 4.07. The zero-order chi connectivity index (χ0) is 8.91. The summed E-state index contributed by atoms with van der Waals surface area (Å²) < 4.78 is 11.3. The molecule has 0 heterocycles. The fourth-order valence-corrected chi connectivity index (χ4v) is 1.76. The second kappa shape index (κ2) is 4.88. The topological polar surface area (TPSA) is 43.1 Å². The van der Waals surface area contributed by atoms with E-state index in [9.17, 15) is 4.21 Å². The molecule has 0 radical (unpaired) electrons. The average Bonchev–Trinajstić information content (AvgIpc) is 1.86.